The number of hydrogen-bond donors (Lipinski definition) is 3. The van der Waals surface area contributed by atoms with E-state index in [-0.39, 0.29) is 23.8 Å². The highest BCUT2D eigenvalue weighted by Gasteiger charge is 2.24. The van der Waals surface area contributed by atoms with E-state index in [1.54, 1.807) is 13.8 Å². The van der Waals surface area contributed by atoms with Gasteiger partial charge < -0.3 is 15.4 Å². The summed E-state index contributed by atoms with van der Waals surface area (Å²) >= 11 is 0. The molecular weight excluding hydrogens is 256 g/mol. The average molecular weight is 278 g/mol. The molecule has 0 bridgehead atoms. The summed E-state index contributed by atoms with van der Waals surface area (Å²) < 4.78 is 0. The highest BCUT2D eigenvalue weighted by molar-refractivity contribution is 6.02. The van der Waals surface area contributed by atoms with E-state index in [0.717, 1.165) is 31.4 Å². The topological polar surface area (TPSA) is 82.2 Å². The van der Waals surface area contributed by atoms with Crippen LogP contribution >= 0.6 is 0 Å². The van der Waals surface area contributed by atoms with Crippen LogP contribution < -0.4 is 5.32 Å². The zero-order valence-electron chi connectivity index (χ0n) is 12.2. The van der Waals surface area contributed by atoms with E-state index in [1.807, 2.05) is 0 Å². The first-order chi connectivity index (χ1) is 9.40. The molecule has 0 aromatic carbocycles. The number of nitrogens with one attached hydrogen (secondary N) is 2. The lowest BCUT2D eigenvalue weighted by atomic mass is 9.93. The molecule has 110 valence electrons. The molecule has 0 aliphatic heterocycles. The van der Waals surface area contributed by atoms with Crippen LogP contribution in [0.25, 0.3) is 0 Å². The molecule has 2 rings (SSSR count). The molecule has 5 nitrogen and oxygen atoms in total. The molecule has 1 fully saturated rings. The maximum absolute atomic E-state index is 12.3. The van der Waals surface area contributed by atoms with E-state index in [2.05, 4.69) is 10.3 Å². The SMILES string of the molecule is CC(=O)c1c(C)[nH]c(C(=O)NC2CCC(O)CC2)c1C. The van der Waals surface area contributed by atoms with Gasteiger partial charge >= 0.3 is 0 Å². The predicted octanol–water partition coefficient (Wildman–Crippen LogP) is 1.87. The van der Waals surface area contributed by atoms with Crippen molar-refractivity contribution in [3.05, 3.63) is 22.5 Å². The van der Waals surface area contributed by atoms with Gasteiger partial charge in [-0.1, -0.05) is 0 Å². The second kappa shape index (κ2) is 5.79. The summed E-state index contributed by atoms with van der Waals surface area (Å²) in [6, 6.07) is 0.106. The van der Waals surface area contributed by atoms with Crippen molar-refractivity contribution in [3.63, 3.8) is 0 Å². The molecule has 0 atom stereocenters. The van der Waals surface area contributed by atoms with E-state index in [9.17, 15) is 14.7 Å². The van der Waals surface area contributed by atoms with Gasteiger partial charge in [0, 0.05) is 17.3 Å². The highest BCUT2D eigenvalue weighted by Crippen LogP contribution is 2.21. The Morgan fingerprint density at radius 3 is 2.30 bits per heavy atom. The third-order valence-corrected chi connectivity index (χ3v) is 4.05. The molecule has 5 heteroatoms. The fraction of sp³-hybridized carbons (Fsp3) is 0.600. The van der Waals surface area contributed by atoms with Gasteiger partial charge in [0.25, 0.3) is 5.91 Å². The second-order valence-electron chi connectivity index (χ2n) is 5.66. The predicted molar refractivity (Wildman–Crippen MR) is 76.0 cm³/mol. The number of aliphatic hydroxyl groups is 1. The molecule has 0 unspecified atom stereocenters. The van der Waals surface area contributed by atoms with Gasteiger partial charge in [-0.3, -0.25) is 9.59 Å². The Balaban J connectivity index is 2.10. The van der Waals surface area contributed by atoms with Gasteiger partial charge in [-0.05, 0) is 52.0 Å². The maximum atomic E-state index is 12.3. The lowest BCUT2D eigenvalue weighted by Gasteiger charge is -2.26. The van der Waals surface area contributed by atoms with Crippen LogP contribution in [0.1, 0.15) is 64.7 Å². The van der Waals surface area contributed by atoms with Gasteiger partial charge in [0.15, 0.2) is 5.78 Å². The summed E-state index contributed by atoms with van der Waals surface area (Å²) in [7, 11) is 0. The third-order valence-electron chi connectivity index (χ3n) is 4.05. The molecule has 20 heavy (non-hydrogen) atoms. The number of H-pyrrole nitrogens is 1. The first-order valence-electron chi connectivity index (χ1n) is 7.09. The number of rotatable bonds is 3. The van der Waals surface area contributed by atoms with Crippen LogP contribution in [0.3, 0.4) is 0 Å². The Morgan fingerprint density at radius 2 is 1.80 bits per heavy atom. The van der Waals surface area contributed by atoms with E-state index in [4.69, 9.17) is 0 Å². The molecule has 0 spiro atoms. The molecule has 3 N–H and O–H groups in total. The Morgan fingerprint density at radius 1 is 1.20 bits per heavy atom. The lowest BCUT2D eigenvalue weighted by molar-refractivity contribution is 0.0863. The summed E-state index contributed by atoms with van der Waals surface area (Å²) in [5.74, 6) is -0.199. The zero-order chi connectivity index (χ0) is 14.9. The van der Waals surface area contributed by atoms with Crippen molar-refractivity contribution in [1.29, 1.82) is 0 Å². The molecule has 1 amide bonds. The van der Waals surface area contributed by atoms with Gasteiger partial charge in [-0.15, -0.1) is 0 Å². The van der Waals surface area contributed by atoms with E-state index < -0.39 is 0 Å². The fourth-order valence-electron chi connectivity index (χ4n) is 2.98. The minimum Gasteiger partial charge on any atom is -0.393 e. The first-order valence-corrected chi connectivity index (χ1v) is 7.09. The summed E-state index contributed by atoms with van der Waals surface area (Å²) in [4.78, 5) is 26.9. The van der Waals surface area contributed by atoms with Gasteiger partial charge in [0.05, 0.1) is 6.10 Å². The van der Waals surface area contributed by atoms with Crippen molar-refractivity contribution >= 4 is 11.7 Å². The van der Waals surface area contributed by atoms with E-state index in [0.29, 0.717) is 16.8 Å². The minimum atomic E-state index is -0.234. The number of carbonyl (C=O) groups excluding carboxylic acids is 2. The second-order valence-corrected chi connectivity index (χ2v) is 5.66. The molecule has 0 saturated heterocycles. The van der Waals surface area contributed by atoms with Gasteiger partial charge in [-0.25, -0.2) is 0 Å². The van der Waals surface area contributed by atoms with Crippen LogP contribution in [0.2, 0.25) is 0 Å². The number of ketones is 1. The molecular formula is C15H22N2O3. The Hall–Kier alpha value is -1.62. The largest absolute Gasteiger partial charge is 0.393 e. The Labute approximate surface area is 118 Å². The van der Waals surface area contributed by atoms with Gasteiger partial charge in [0.2, 0.25) is 0 Å². The lowest BCUT2D eigenvalue weighted by Crippen LogP contribution is -2.39. The zero-order valence-corrected chi connectivity index (χ0v) is 12.2. The van der Waals surface area contributed by atoms with E-state index >= 15 is 0 Å². The van der Waals surface area contributed by atoms with Crippen molar-refractivity contribution in [2.45, 2.75) is 58.6 Å². The molecule has 1 aliphatic carbocycles. The van der Waals surface area contributed by atoms with Crippen molar-refractivity contribution in [3.8, 4) is 0 Å². The third kappa shape index (κ3) is 2.93. The van der Waals surface area contributed by atoms with Gasteiger partial charge in [-0.2, -0.15) is 0 Å². The van der Waals surface area contributed by atoms with Crippen LogP contribution in [-0.2, 0) is 0 Å². The Kier molecular flexibility index (Phi) is 4.28. The molecule has 1 saturated carbocycles. The van der Waals surface area contributed by atoms with Crippen LogP contribution in [0, 0.1) is 13.8 Å². The van der Waals surface area contributed by atoms with Crippen molar-refractivity contribution in [2.75, 3.05) is 0 Å². The van der Waals surface area contributed by atoms with E-state index in [1.165, 1.54) is 6.92 Å². The van der Waals surface area contributed by atoms with Gasteiger partial charge in [0.1, 0.15) is 5.69 Å². The molecule has 1 aromatic rings. The molecule has 1 aliphatic rings. The highest BCUT2D eigenvalue weighted by atomic mass is 16.3. The number of aromatic amines is 1. The molecule has 0 radical (unpaired) electrons. The van der Waals surface area contributed by atoms with Crippen molar-refractivity contribution < 1.29 is 14.7 Å². The quantitative estimate of drug-likeness (QED) is 0.738. The maximum Gasteiger partial charge on any atom is 0.268 e. The molecule has 1 aromatic heterocycles. The fourth-order valence-corrected chi connectivity index (χ4v) is 2.98. The average Bonchev–Trinajstić information content (AvgIpc) is 2.67. The summed E-state index contributed by atoms with van der Waals surface area (Å²) in [6.07, 6.45) is 2.82. The summed E-state index contributed by atoms with van der Waals surface area (Å²) in [6.45, 7) is 5.10. The summed E-state index contributed by atoms with van der Waals surface area (Å²) in [5.41, 5.74) is 2.52. The Bertz CT molecular complexity index is 525. The van der Waals surface area contributed by atoms with Crippen LogP contribution in [0.4, 0.5) is 0 Å². The smallest absolute Gasteiger partial charge is 0.268 e. The van der Waals surface area contributed by atoms with Crippen LogP contribution in [0.15, 0.2) is 0 Å². The summed E-state index contributed by atoms with van der Waals surface area (Å²) in [5, 5.41) is 12.5. The number of aryl methyl sites for hydroxylation is 1. The monoisotopic (exact) mass is 278 g/mol. The number of hydrogen-bond acceptors (Lipinski definition) is 3. The van der Waals surface area contributed by atoms with Crippen LogP contribution in [0.5, 0.6) is 0 Å². The number of Topliss-reactive ketones (excluding diaryl/α,β-unsaturated/α-hetero) is 1. The standard InChI is InChI=1S/C15H22N2O3/c1-8-13(10(3)18)9(2)16-14(8)15(20)17-11-4-6-12(19)7-5-11/h11-12,16,19H,4-7H2,1-3H3,(H,17,20). The number of amides is 1. The number of aromatic nitrogens is 1. The molecule has 1 heterocycles. The first kappa shape index (κ1) is 14.8. The normalized spacial score (nSPS) is 22.6. The van der Waals surface area contributed by atoms with Crippen molar-refractivity contribution in [2.24, 2.45) is 0 Å². The van der Waals surface area contributed by atoms with Crippen molar-refractivity contribution in [1.82, 2.24) is 10.3 Å². The van der Waals surface area contributed by atoms with Crippen LogP contribution in [-0.4, -0.2) is 33.9 Å². The number of carbonyl (C=O) groups is 2. The number of aliphatic hydroxyl groups excluding tert-OH is 1. The minimum absolute atomic E-state index is 0.0314.